The van der Waals surface area contributed by atoms with Crippen molar-refractivity contribution < 1.29 is 22.3 Å². The van der Waals surface area contributed by atoms with Gasteiger partial charge in [-0.3, -0.25) is 0 Å². The highest BCUT2D eigenvalue weighted by Gasteiger charge is 2.19. The zero-order valence-electron chi connectivity index (χ0n) is 15.0. The number of benzene rings is 3. The van der Waals surface area contributed by atoms with Gasteiger partial charge in [-0.1, -0.05) is 42.5 Å². The Hall–Kier alpha value is -3.25. The fourth-order valence-corrected chi connectivity index (χ4v) is 3.87. The minimum absolute atomic E-state index is 0.0185. The van der Waals surface area contributed by atoms with Crippen molar-refractivity contribution in [2.45, 2.75) is 9.79 Å². The number of rotatable bonds is 5. The number of hydrogen-bond acceptors (Lipinski definition) is 4. The summed E-state index contributed by atoms with van der Waals surface area (Å²) < 4.78 is 43.2. The van der Waals surface area contributed by atoms with E-state index in [1.807, 2.05) is 12.2 Å². The second kappa shape index (κ2) is 8.19. The summed E-state index contributed by atoms with van der Waals surface area (Å²) in [6, 6.07) is 18.1. The van der Waals surface area contributed by atoms with E-state index < -0.39 is 15.8 Å². The Labute approximate surface area is 162 Å². The van der Waals surface area contributed by atoms with Gasteiger partial charge in [-0.25, -0.2) is 17.6 Å². The molecule has 0 aliphatic rings. The van der Waals surface area contributed by atoms with E-state index in [-0.39, 0.29) is 21.2 Å². The molecule has 0 radical (unpaired) electrons. The predicted octanol–water partition coefficient (Wildman–Crippen LogP) is 4.62. The lowest BCUT2D eigenvalue weighted by Gasteiger charge is -2.07. The van der Waals surface area contributed by atoms with Crippen LogP contribution in [0.15, 0.2) is 82.6 Å². The Morgan fingerprint density at radius 2 is 1.43 bits per heavy atom. The van der Waals surface area contributed by atoms with Gasteiger partial charge in [0.1, 0.15) is 5.82 Å². The van der Waals surface area contributed by atoms with Gasteiger partial charge in [0.2, 0.25) is 9.84 Å². The van der Waals surface area contributed by atoms with Gasteiger partial charge in [0.25, 0.3) is 0 Å². The SMILES string of the molecule is COC(=O)c1cccc(S(=O)(=O)c2ccc(/C=C/c3ccc(F)cc3)cc2)c1. The molecule has 28 heavy (non-hydrogen) atoms. The van der Waals surface area contributed by atoms with Gasteiger partial charge >= 0.3 is 5.97 Å². The minimum atomic E-state index is -3.77. The van der Waals surface area contributed by atoms with Crippen molar-refractivity contribution in [3.63, 3.8) is 0 Å². The van der Waals surface area contributed by atoms with Crippen molar-refractivity contribution in [2.24, 2.45) is 0 Å². The zero-order chi connectivity index (χ0) is 20.1. The van der Waals surface area contributed by atoms with Gasteiger partial charge in [0, 0.05) is 0 Å². The van der Waals surface area contributed by atoms with E-state index in [9.17, 15) is 17.6 Å². The fraction of sp³-hybridized carbons (Fsp3) is 0.0455. The molecule has 0 heterocycles. The summed E-state index contributed by atoms with van der Waals surface area (Å²) in [7, 11) is -2.53. The molecule has 0 aromatic heterocycles. The molecule has 0 unspecified atom stereocenters. The topological polar surface area (TPSA) is 60.4 Å². The van der Waals surface area contributed by atoms with Crippen LogP contribution in [0.5, 0.6) is 0 Å². The van der Waals surface area contributed by atoms with Crippen LogP contribution in [0.3, 0.4) is 0 Å². The molecule has 3 rings (SSSR count). The average molecular weight is 396 g/mol. The number of halogens is 1. The van der Waals surface area contributed by atoms with E-state index in [1.54, 1.807) is 24.3 Å². The molecule has 0 aliphatic carbocycles. The first-order chi connectivity index (χ1) is 13.4. The third kappa shape index (κ3) is 4.35. The number of methoxy groups -OCH3 is 1. The lowest BCUT2D eigenvalue weighted by atomic mass is 10.1. The molecule has 0 fully saturated rings. The summed E-state index contributed by atoms with van der Waals surface area (Å²) in [5.74, 6) is -0.902. The highest BCUT2D eigenvalue weighted by Crippen LogP contribution is 2.23. The number of hydrogen-bond donors (Lipinski definition) is 0. The molecule has 3 aromatic rings. The number of sulfone groups is 1. The van der Waals surface area contributed by atoms with Crippen LogP contribution < -0.4 is 0 Å². The molecule has 0 aliphatic heterocycles. The van der Waals surface area contributed by atoms with Crippen molar-refractivity contribution in [1.29, 1.82) is 0 Å². The van der Waals surface area contributed by atoms with Gasteiger partial charge in [0.15, 0.2) is 0 Å². The first-order valence-electron chi connectivity index (χ1n) is 8.37. The lowest BCUT2D eigenvalue weighted by molar-refractivity contribution is 0.0600. The molecule has 0 saturated heterocycles. The number of esters is 1. The average Bonchev–Trinajstić information content (AvgIpc) is 2.73. The molecule has 4 nitrogen and oxygen atoms in total. The number of carbonyl (C=O) groups excluding carboxylic acids is 1. The number of ether oxygens (including phenoxy) is 1. The van der Waals surface area contributed by atoms with Crippen molar-refractivity contribution in [3.05, 3.63) is 95.3 Å². The zero-order valence-corrected chi connectivity index (χ0v) is 15.8. The van der Waals surface area contributed by atoms with Crippen molar-refractivity contribution in [3.8, 4) is 0 Å². The smallest absolute Gasteiger partial charge is 0.337 e. The second-order valence-electron chi connectivity index (χ2n) is 5.98. The summed E-state index contributed by atoms with van der Waals surface area (Å²) >= 11 is 0. The normalized spacial score (nSPS) is 11.5. The van der Waals surface area contributed by atoms with Crippen molar-refractivity contribution in [1.82, 2.24) is 0 Å². The van der Waals surface area contributed by atoms with E-state index in [4.69, 9.17) is 0 Å². The van der Waals surface area contributed by atoms with Crippen LogP contribution in [-0.2, 0) is 14.6 Å². The standard InChI is InChI=1S/C22H17FO4S/c1-27-22(24)18-3-2-4-21(15-18)28(25,26)20-13-9-17(10-14-20)6-5-16-7-11-19(23)12-8-16/h2-15H,1H3/b6-5+. The molecule has 0 spiro atoms. The van der Waals surface area contributed by atoms with Crippen LogP contribution in [0, 0.1) is 5.82 Å². The maximum atomic E-state index is 12.9. The van der Waals surface area contributed by atoms with Gasteiger partial charge < -0.3 is 4.74 Å². The fourth-order valence-electron chi connectivity index (χ4n) is 2.57. The van der Waals surface area contributed by atoms with Crippen LogP contribution in [-0.4, -0.2) is 21.5 Å². The molecular weight excluding hydrogens is 379 g/mol. The van der Waals surface area contributed by atoms with E-state index >= 15 is 0 Å². The molecule has 0 bridgehead atoms. The highest BCUT2D eigenvalue weighted by atomic mass is 32.2. The van der Waals surface area contributed by atoms with E-state index in [2.05, 4.69) is 4.74 Å². The van der Waals surface area contributed by atoms with Crippen LogP contribution in [0.2, 0.25) is 0 Å². The highest BCUT2D eigenvalue weighted by molar-refractivity contribution is 7.91. The quantitative estimate of drug-likeness (QED) is 0.467. The van der Waals surface area contributed by atoms with Crippen LogP contribution in [0.1, 0.15) is 21.5 Å². The number of carbonyl (C=O) groups is 1. The molecule has 3 aromatic carbocycles. The maximum Gasteiger partial charge on any atom is 0.337 e. The molecule has 6 heteroatoms. The van der Waals surface area contributed by atoms with Crippen molar-refractivity contribution in [2.75, 3.05) is 7.11 Å². The predicted molar refractivity (Wildman–Crippen MR) is 105 cm³/mol. The van der Waals surface area contributed by atoms with Gasteiger partial charge in [-0.05, 0) is 53.6 Å². The minimum Gasteiger partial charge on any atom is -0.465 e. The first kappa shape index (κ1) is 19.5. The Bertz CT molecular complexity index is 1120. The van der Waals surface area contributed by atoms with Crippen LogP contribution >= 0.6 is 0 Å². The van der Waals surface area contributed by atoms with Crippen LogP contribution in [0.4, 0.5) is 4.39 Å². The molecule has 0 atom stereocenters. The summed E-state index contributed by atoms with van der Waals surface area (Å²) in [6.45, 7) is 0. The monoisotopic (exact) mass is 396 g/mol. The summed E-state index contributed by atoms with van der Waals surface area (Å²) in [5, 5.41) is 0. The Balaban J connectivity index is 1.84. The summed E-state index contributed by atoms with van der Waals surface area (Å²) in [4.78, 5) is 11.8. The molecule has 0 N–H and O–H groups in total. The molecular formula is C22H17FO4S. The second-order valence-corrected chi connectivity index (χ2v) is 7.93. The largest absolute Gasteiger partial charge is 0.465 e. The van der Waals surface area contributed by atoms with E-state index in [0.717, 1.165) is 11.1 Å². The van der Waals surface area contributed by atoms with E-state index in [0.29, 0.717) is 0 Å². The Morgan fingerprint density at radius 1 is 0.857 bits per heavy atom. The molecule has 0 saturated carbocycles. The molecule has 0 amide bonds. The molecule has 142 valence electrons. The maximum absolute atomic E-state index is 12.9. The third-order valence-electron chi connectivity index (χ3n) is 4.09. The van der Waals surface area contributed by atoms with Gasteiger partial charge in [0.05, 0.1) is 22.5 Å². The van der Waals surface area contributed by atoms with Gasteiger partial charge in [-0.15, -0.1) is 0 Å². The third-order valence-corrected chi connectivity index (χ3v) is 5.86. The van der Waals surface area contributed by atoms with Crippen molar-refractivity contribution >= 4 is 28.0 Å². The van der Waals surface area contributed by atoms with E-state index in [1.165, 1.54) is 55.6 Å². The Kier molecular flexibility index (Phi) is 5.70. The first-order valence-corrected chi connectivity index (χ1v) is 9.86. The van der Waals surface area contributed by atoms with Crippen LogP contribution in [0.25, 0.3) is 12.2 Å². The summed E-state index contributed by atoms with van der Waals surface area (Å²) in [6.07, 6.45) is 3.62. The summed E-state index contributed by atoms with van der Waals surface area (Å²) in [5.41, 5.74) is 1.80. The lowest BCUT2D eigenvalue weighted by Crippen LogP contribution is -2.06. The Morgan fingerprint density at radius 3 is 2.00 bits per heavy atom. The van der Waals surface area contributed by atoms with Gasteiger partial charge in [-0.2, -0.15) is 0 Å².